The Bertz CT molecular complexity index is 1280. The Kier molecular flexibility index (Phi) is 6.38. The summed E-state index contributed by atoms with van der Waals surface area (Å²) in [5, 5.41) is -0.0369. The number of hydrogen-bond donors (Lipinski definition) is 1. The molecule has 188 valence electrons. The van der Waals surface area contributed by atoms with Crippen molar-refractivity contribution < 1.29 is 8.60 Å². The molecule has 1 saturated carbocycles. The number of nitrogens with zero attached hydrogens (tertiary/aromatic N) is 5. The average Bonchev–Trinajstić information content (AvgIpc) is 3.47. The quantitative estimate of drug-likeness (QED) is 0.487. The molecule has 1 saturated heterocycles. The van der Waals surface area contributed by atoms with E-state index in [9.17, 15) is 8.60 Å². The van der Waals surface area contributed by atoms with Crippen molar-refractivity contribution in [1.82, 2.24) is 24.1 Å². The van der Waals surface area contributed by atoms with Gasteiger partial charge in [0.15, 0.2) is 0 Å². The number of fused-ring (bicyclic) bond motifs is 1. The monoisotopic (exact) mass is 518 g/mol. The summed E-state index contributed by atoms with van der Waals surface area (Å²) in [6, 6.07) is 1.79. The first-order chi connectivity index (χ1) is 16.6. The lowest BCUT2D eigenvalue weighted by molar-refractivity contribution is 0.176. The fraction of sp³-hybridized carbons (Fsp3) is 0.560. The van der Waals surface area contributed by atoms with Crippen LogP contribution in [0.5, 0.6) is 0 Å². The van der Waals surface area contributed by atoms with Gasteiger partial charge in [0, 0.05) is 48.8 Å². The van der Waals surface area contributed by atoms with Gasteiger partial charge in [0.25, 0.3) is 0 Å². The molecule has 1 aliphatic heterocycles. The van der Waals surface area contributed by atoms with E-state index < -0.39 is 16.9 Å². The molecule has 35 heavy (non-hydrogen) atoms. The first kappa shape index (κ1) is 24.6. The number of hydrogen-bond acceptors (Lipinski definition) is 5. The summed E-state index contributed by atoms with van der Waals surface area (Å²) < 4.78 is 32.4. The predicted octanol–water partition coefficient (Wildman–Crippen LogP) is 5.08. The van der Waals surface area contributed by atoms with E-state index in [-0.39, 0.29) is 21.2 Å². The Balaban J connectivity index is 1.54. The fourth-order valence-corrected chi connectivity index (χ4v) is 6.73. The van der Waals surface area contributed by atoms with Crippen molar-refractivity contribution >= 4 is 34.2 Å². The molecule has 3 aromatic heterocycles. The standard InChI is InChI=1S/C25H32ClFN6OS/c1-16-19(17-7-11-28-21(27)20(17)26)22-29-12-14-33(22)23(30-16)32-13-10-25(8-5-6-9-25)18(15-32)31-35(34)24(2,3)4/h7,11-12,14,18,31H,5-6,8-10,13,15H2,1-4H3. The Labute approximate surface area is 213 Å². The van der Waals surface area contributed by atoms with Crippen LogP contribution in [-0.4, -0.2) is 47.4 Å². The van der Waals surface area contributed by atoms with Gasteiger partial charge >= 0.3 is 0 Å². The first-order valence-corrected chi connectivity index (χ1v) is 13.7. The number of halogens is 2. The topological polar surface area (TPSA) is 75.4 Å². The second-order valence-electron chi connectivity index (χ2n) is 10.8. The largest absolute Gasteiger partial charge is 0.340 e. The maximum absolute atomic E-state index is 14.1. The van der Waals surface area contributed by atoms with Crippen LogP contribution in [0, 0.1) is 18.3 Å². The van der Waals surface area contributed by atoms with Crippen molar-refractivity contribution in [1.29, 1.82) is 0 Å². The van der Waals surface area contributed by atoms with Gasteiger partial charge in [-0.05, 0) is 58.4 Å². The molecular weight excluding hydrogens is 487 g/mol. The number of aromatic nitrogens is 4. The molecule has 2 unspecified atom stereocenters. The number of nitrogens with one attached hydrogen (secondary N) is 1. The van der Waals surface area contributed by atoms with Gasteiger partial charge in [-0.15, -0.1) is 0 Å². The lowest BCUT2D eigenvalue weighted by atomic mass is 9.73. The molecule has 1 spiro atoms. The molecule has 0 bridgehead atoms. The molecule has 7 nitrogen and oxygen atoms in total. The highest BCUT2D eigenvalue weighted by Gasteiger charge is 2.46. The SMILES string of the molecule is Cc1nc(N2CCC3(CCCC3)C(NS(=O)C(C)(C)C)C2)n2ccnc2c1-c1ccnc(F)c1Cl. The highest BCUT2D eigenvalue weighted by Crippen LogP contribution is 2.47. The van der Waals surface area contributed by atoms with E-state index in [0.29, 0.717) is 23.3 Å². The minimum absolute atomic E-state index is 0.0369. The molecule has 1 N–H and O–H groups in total. The second-order valence-corrected chi connectivity index (χ2v) is 13.1. The highest BCUT2D eigenvalue weighted by atomic mass is 35.5. The fourth-order valence-electron chi connectivity index (χ4n) is 5.59. The van der Waals surface area contributed by atoms with Crippen LogP contribution in [0.4, 0.5) is 10.3 Å². The maximum atomic E-state index is 14.1. The van der Waals surface area contributed by atoms with Crippen molar-refractivity contribution in [3.8, 4) is 11.1 Å². The molecule has 0 aromatic carbocycles. The average molecular weight is 519 g/mol. The van der Waals surface area contributed by atoms with Crippen molar-refractivity contribution in [3.63, 3.8) is 0 Å². The third kappa shape index (κ3) is 4.36. The van der Waals surface area contributed by atoms with Crippen LogP contribution in [0.25, 0.3) is 16.8 Å². The molecule has 1 aliphatic carbocycles. The highest BCUT2D eigenvalue weighted by molar-refractivity contribution is 7.84. The summed E-state index contributed by atoms with van der Waals surface area (Å²) in [5.41, 5.74) is 2.77. The second kappa shape index (κ2) is 9.09. The number of anilines is 1. The van der Waals surface area contributed by atoms with Crippen molar-refractivity contribution in [3.05, 3.63) is 41.3 Å². The van der Waals surface area contributed by atoms with E-state index in [2.05, 4.69) is 19.6 Å². The summed E-state index contributed by atoms with van der Waals surface area (Å²) in [7, 11) is -1.16. The zero-order valence-electron chi connectivity index (χ0n) is 20.6. The van der Waals surface area contributed by atoms with E-state index in [1.807, 2.05) is 38.3 Å². The summed E-state index contributed by atoms with van der Waals surface area (Å²) in [6.45, 7) is 9.49. The van der Waals surface area contributed by atoms with Gasteiger partial charge in [-0.1, -0.05) is 24.4 Å². The van der Waals surface area contributed by atoms with Crippen molar-refractivity contribution in [2.75, 3.05) is 18.0 Å². The van der Waals surface area contributed by atoms with E-state index in [0.717, 1.165) is 37.4 Å². The minimum Gasteiger partial charge on any atom is -0.340 e. The van der Waals surface area contributed by atoms with Gasteiger partial charge in [0.1, 0.15) is 10.7 Å². The number of aryl methyl sites for hydroxylation is 1. The van der Waals surface area contributed by atoms with Gasteiger partial charge in [-0.3, -0.25) is 4.40 Å². The van der Waals surface area contributed by atoms with E-state index in [1.165, 1.54) is 19.0 Å². The predicted molar refractivity (Wildman–Crippen MR) is 138 cm³/mol. The van der Waals surface area contributed by atoms with Gasteiger partial charge in [0.05, 0.1) is 21.4 Å². The molecular formula is C25H32ClFN6OS. The normalized spacial score (nSPS) is 21.2. The molecule has 0 amide bonds. The van der Waals surface area contributed by atoms with Crippen LogP contribution in [0.3, 0.4) is 0 Å². The third-order valence-electron chi connectivity index (χ3n) is 7.53. The van der Waals surface area contributed by atoms with Gasteiger partial charge in [-0.25, -0.2) is 23.9 Å². The molecule has 3 aromatic rings. The minimum atomic E-state index is -1.16. The van der Waals surface area contributed by atoms with E-state index in [1.54, 1.807) is 12.3 Å². The lowest BCUT2D eigenvalue weighted by Gasteiger charge is -2.47. The van der Waals surface area contributed by atoms with Crippen LogP contribution in [0.2, 0.25) is 5.02 Å². The van der Waals surface area contributed by atoms with Crippen LogP contribution >= 0.6 is 11.6 Å². The van der Waals surface area contributed by atoms with E-state index >= 15 is 0 Å². The number of pyridine rings is 1. The smallest absolute Gasteiger partial charge is 0.232 e. The van der Waals surface area contributed by atoms with Gasteiger partial charge in [-0.2, -0.15) is 4.39 Å². The van der Waals surface area contributed by atoms with Crippen molar-refractivity contribution in [2.24, 2.45) is 5.41 Å². The molecule has 5 rings (SSSR count). The lowest BCUT2D eigenvalue weighted by Crippen LogP contribution is -2.58. The Morgan fingerprint density at radius 1 is 1.20 bits per heavy atom. The Morgan fingerprint density at radius 2 is 1.94 bits per heavy atom. The third-order valence-corrected chi connectivity index (χ3v) is 9.51. The van der Waals surface area contributed by atoms with Crippen LogP contribution in [0.1, 0.15) is 58.6 Å². The summed E-state index contributed by atoms with van der Waals surface area (Å²) in [6.07, 6.45) is 10.8. The molecule has 4 heterocycles. The van der Waals surface area contributed by atoms with Crippen LogP contribution in [-0.2, 0) is 11.0 Å². The summed E-state index contributed by atoms with van der Waals surface area (Å²) in [5.74, 6) is 0.0709. The zero-order chi connectivity index (χ0) is 25.0. The van der Waals surface area contributed by atoms with Gasteiger partial charge in [0.2, 0.25) is 11.9 Å². The molecule has 2 atom stereocenters. The zero-order valence-corrected chi connectivity index (χ0v) is 22.2. The molecule has 2 fully saturated rings. The van der Waals surface area contributed by atoms with Gasteiger partial charge < -0.3 is 4.90 Å². The number of piperidine rings is 1. The van der Waals surface area contributed by atoms with Crippen LogP contribution < -0.4 is 9.62 Å². The maximum Gasteiger partial charge on any atom is 0.232 e. The first-order valence-electron chi connectivity index (χ1n) is 12.2. The summed E-state index contributed by atoms with van der Waals surface area (Å²) >= 11 is 6.28. The Hall–Kier alpha value is -2.10. The Morgan fingerprint density at radius 3 is 2.66 bits per heavy atom. The molecule has 0 radical (unpaired) electrons. The summed E-state index contributed by atoms with van der Waals surface area (Å²) in [4.78, 5) is 15.5. The number of imidazole rings is 1. The number of rotatable bonds is 4. The molecule has 10 heteroatoms. The van der Waals surface area contributed by atoms with E-state index in [4.69, 9.17) is 16.6 Å². The molecule has 2 aliphatic rings. The van der Waals surface area contributed by atoms with Crippen LogP contribution in [0.15, 0.2) is 24.7 Å². The van der Waals surface area contributed by atoms with Crippen molar-refractivity contribution in [2.45, 2.75) is 70.6 Å².